The van der Waals surface area contributed by atoms with Crippen molar-refractivity contribution in [2.45, 2.75) is 30.7 Å². The molecule has 0 aromatic carbocycles. The monoisotopic (exact) mass is 162 g/mol. The first kappa shape index (κ1) is 8.02. The molecular formula is C7H11ClO2. The van der Waals surface area contributed by atoms with E-state index in [0.717, 1.165) is 6.29 Å². The molecule has 0 heterocycles. The fourth-order valence-corrected chi connectivity index (χ4v) is 1.82. The van der Waals surface area contributed by atoms with Crippen LogP contribution in [-0.2, 0) is 4.79 Å². The second-order valence-electron chi connectivity index (χ2n) is 2.80. The molecule has 0 aliphatic heterocycles. The Labute approximate surface area is 65.2 Å². The van der Waals surface area contributed by atoms with Gasteiger partial charge in [-0.05, 0) is 18.8 Å². The smallest absolute Gasteiger partial charge is 0.120 e. The Balaban J connectivity index is 2.38. The van der Waals surface area contributed by atoms with E-state index in [9.17, 15) is 4.79 Å². The van der Waals surface area contributed by atoms with E-state index in [1.165, 1.54) is 0 Å². The van der Waals surface area contributed by atoms with Crippen LogP contribution >= 0.6 is 11.6 Å². The largest absolute Gasteiger partial charge is 0.393 e. The molecule has 0 aromatic heterocycles. The zero-order valence-corrected chi connectivity index (χ0v) is 6.42. The SMILES string of the molecule is O=CCC1CC(O)CC1Cl. The van der Waals surface area contributed by atoms with Crippen LogP contribution in [0.3, 0.4) is 0 Å². The van der Waals surface area contributed by atoms with Gasteiger partial charge in [0.2, 0.25) is 0 Å². The molecule has 3 atom stereocenters. The summed E-state index contributed by atoms with van der Waals surface area (Å²) in [7, 11) is 0. The van der Waals surface area contributed by atoms with Gasteiger partial charge in [-0.2, -0.15) is 0 Å². The molecule has 10 heavy (non-hydrogen) atoms. The van der Waals surface area contributed by atoms with Crippen LogP contribution in [0.25, 0.3) is 0 Å². The van der Waals surface area contributed by atoms with Crippen molar-refractivity contribution in [1.82, 2.24) is 0 Å². The lowest BCUT2D eigenvalue weighted by Crippen LogP contribution is -2.06. The molecule has 2 nitrogen and oxygen atoms in total. The normalized spacial score (nSPS) is 40.0. The van der Waals surface area contributed by atoms with Crippen LogP contribution in [0.1, 0.15) is 19.3 Å². The Morgan fingerprint density at radius 1 is 1.60 bits per heavy atom. The fourth-order valence-electron chi connectivity index (χ4n) is 1.41. The second kappa shape index (κ2) is 3.35. The maximum atomic E-state index is 10.1. The minimum Gasteiger partial charge on any atom is -0.393 e. The van der Waals surface area contributed by atoms with E-state index >= 15 is 0 Å². The minimum atomic E-state index is -0.285. The number of aldehydes is 1. The predicted molar refractivity (Wildman–Crippen MR) is 39.1 cm³/mol. The standard InChI is InChI=1S/C7H11ClO2/c8-7-4-6(10)3-5(7)1-2-9/h2,5-7,10H,1,3-4H2. The highest BCUT2D eigenvalue weighted by atomic mass is 35.5. The average Bonchev–Trinajstić information content (AvgIpc) is 2.13. The van der Waals surface area contributed by atoms with Crippen molar-refractivity contribution in [3.8, 4) is 0 Å². The number of alkyl halides is 1. The summed E-state index contributed by atoms with van der Waals surface area (Å²) in [5.74, 6) is 0.203. The van der Waals surface area contributed by atoms with Gasteiger partial charge in [0.25, 0.3) is 0 Å². The highest BCUT2D eigenvalue weighted by Crippen LogP contribution is 2.31. The van der Waals surface area contributed by atoms with Crippen LogP contribution in [0.15, 0.2) is 0 Å². The summed E-state index contributed by atoms with van der Waals surface area (Å²) in [5, 5.41) is 9.10. The van der Waals surface area contributed by atoms with E-state index in [0.29, 0.717) is 19.3 Å². The Hall–Kier alpha value is -0.0800. The van der Waals surface area contributed by atoms with E-state index in [1.54, 1.807) is 0 Å². The van der Waals surface area contributed by atoms with Crippen molar-refractivity contribution in [2.24, 2.45) is 5.92 Å². The van der Waals surface area contributed by atoms with E-state index in [-0.39, 0.29) is 17.4 Å². The van der Waals surface area contributed by atoms with Gasteiger partial charge < -0.3 is 9.90 Å². The minimum absolute atomic E-state index is 0.000185. The molecule has 1 rings (SSSR count). The summed E-state index contributed by atoms with van der Waals surface area (Å²) in [6.45, 7) is 0. The van der Waals surface area contributed by atoms with E-state index < -0.39 is 0 Å². The molecule has 0 amide bonds. The molecule has 1 saturated carbocycles. The van der Waals surface area contributed by atoms with Crippen LogP contribution in [-0.4, -0.2) is 22.9 Å². The molecule has 1 aliphatic rings. The molecular weight excluding hydrogens is 152 g/mol. The highest BCUT2D eigenvalue weighted by molar-refractivity contribution is 6.21. The summed E-state index contributed by atoms with van der Waals surface area (Å²) in [6.07, 6.45) is 2.41. The Morgan fingerprint density at radius 2 is 2.30 bits per heavy atom. The van der Waals surface area contributed by atoms with E-state index in [2.05, 4.69) is 0 Å². The number of carbonyl (C=O) groups excluding carboxylic acids is 1. The number of hydrogen-bond acceptors (Lipinski definition) is 2. The van der Waals surface area contributed by atoms with Crippen LogP contribution in [0, 0.1) is 5.92 Å². The van der Waals surface area contributed by atoms with Gasteiger partial charge in [0.1, 0.15) is 6.29 Å². The van der Waals surface area contributed by atoms with Crippen molar-refractivity contribution >= 4 is 17.9 Å². The molecule has 1 fully saturated rings. The molecule has 0 saturated heterocycles. The van der Waals surface area contributed by atoms with Crippen LogP contribution in [0.5, 0.6) is 0 Å². The predicted octanol–water partition coefficient (Wildman–Crippen LogP) is 0.954. The van der Waals surface area contributed by atoms with Crippen LogP contribution < -0.4 is 0 Å². The molecule has 0 bridgehead atoms. The second-order valence-corrected chi connectivity index (χ2v) is 3.36. The van der Waals surface area contributed by atoms with Gasteiger partial charge in [-0.1, -0.05) is 0 Å². The van der Waals surface area contributed by atoms with Gasteiger partial charge >= 0.3 is 0 Å². The number of hydrogen-bond donors (Lipinski definition) is 1. The van der Waals surface area contributed by atoms with Crippen molar-refractivity contribution < 1.29 is 9.90 Å². The van der Waals surface area contributed by atoms with Crippen molar-refractivity contribution in [3.63, 3.8) is 0 Å². The summed E-state index contributed by atoms with van der Waals surface area (Å²) >= 11 is 5.83. The summed E-state index contributed by atoms with van der Waals surface area (Å²) in [5.41, 5.74) is 0. The number of rotatable bonds is 2. The Bertz CT molecular complexity index is 127. The summed E-state index contributed by atoms with van der Waals surface area (Å²) < 4.78 is 0. The fraction of sp³-hybridized carbons (Fsp3) is 0.857. The molecule has 0 spiro atoms. The number of halogens is 1. The lowest BCUT2D eigenvalue weighted by Gasteiger charge is -2.06. The molecule has 58 valence electrons. The first-order chi connectivity index (χ1) is 4.74. The number of carbonyl (C=O) groups is 1. The molecule has 3 heteroatoms. The number of aliphatic hydroxyl groups is 1. The molecule has 0 aromatic rings. The van der Waals surface area contributed by atoms with E-state index in [4.69, 9.17) is 16.7 Å². The van der Waals surface area contributed by atoms with Gasteiger partial charge in [-0.3, -0.25) is 0 Å². The van der Waals surface area contributed by atoms with Crippen molar-refractivity contribution in [1.29, 1.82) is 0 Å². The third-order valence-corrected chi connectivity index (χ3v) is 2.52. The van der Waals surface area contributed by atoms with Crippen LogP contribution in [0.4, 0.5) is 0 Å². The molecule has 3 unspecified atom stereocenters. The van der Waals surface area contributed by atoms with Gasteiger partial charge in [0, 0.05) is 11.8 Å². The van der Waals surface area contributed by atoms with Crippen LogP contribution in [0.2, 0.25) is 0 Å². The quantitative estimate of drug-likeness (QED) is 0.485. The van der Waals surface area contributed by atoms with Crippen molar-refractivity contribution in [2.75, 3.05) is 0 Å². The molecule has 0 radical (unpaired) electrons. The van der Waals surface area contributed by atoms with Crippen molar-refractivity contribution in [3.05, 3.63) is 0 Å². The maximum Gasteiger partial charge on any atom is 0.120 e. The third-order valence-electron chi connectivity index (χ3n) is 1.98. The summed E-state index contributed by atoms with van der Waals surface area (Å²) in [4.78, 5) is 10.1. The van der Waals surface area contributed by atoms with Gasteiger partial charge in [-0.15, -0.1) is 11.6 Å². The number of aliphatic hydroxyl groups excluding tert-OH is 1. The average molecular weight is 163 g/mol. The maximum absolute atomic E-state index is 10.1. The first-order valence-corrected chi connectivity index (χ1v) is 3.93. The molecule has 1 N–H and O–H groups in total. The topological polar surface area (TPSA) is 37.3 Å². The van der Waals surface area contributed by atoms with Gasteiger partial charge in [-0.25, -0.2) is 0 Å². The molecule has 1 aliphatic carbocycles. The third kappa shape index (κ3) is 1.70. The summed E-state index contributed by atoms with van der Waals surface area (Å²) in [6, 6.07) is 0. The first-order valence-electron chi connectivity index (χ1n) is 3.49. The zero-order valence-electron chi connectivity index (χ0n) is 5.66. The Morgan fingerprint density at radius 3 is 2.70 bits per heavy atom. The Kier molecular flexibility index (Phi) is 2.69. The lowest BCUT2D eigenvalue weighted by atomic mass is 10.1. The highest BCUT2D eigenvalue weighted by Gasteiger charge is 2.30. The lowest BCUT2D eigenvalue weighted by molar-refractivity contribution is -0.108. The van der Waals surface area contributed by atoms with Gasteiger partial charge in [0.15, 0.2) is 0 Å². The van der Waals surface area contributed by atoms with E-state index in [1.807, 2.05) is 0 Å². The zero-order chi connectivity index (χ0) is 7.56. The van der Waals surface area contributed by atoms with Gasteiger partial charge in [0.05, 0.1) is 6.10 Å².